The van der Waals surface area contributed by atoms with Crippen LogP contribution in [-0.4, -0.2) is 64.9 Å². The smallest absolute Gasteiger partial charge is 0.273 e. The van der Waals surface area contributed by atoms with Gasteiger partial charge in [0.25, 0.3) is 5.91 Å². The zero-order valence-electron chi connectivity index (χ0n) is 19.9. The van der Waals surface area contributed by atoms with Crippen molar-refractivity contribution in [1.82, 2.24) is 25.7 Å². The van der Waals surface area contributed by atoms with Gasteiger partial charge in [0.15, 0.2) is 17.3 Å². The van der Waals surface area contributed by atoms with Crippen LogP contribution in [-0.2, 0) is 11.3 Å². The number of benzene rings is 1. The molecule has 0 radical (unpaired) electrons. The Labute approximate surface area is 210 Å². The van der Waals surface area contributed by atoms with Gasteiger partial charge in [-0.25, -0.2) is 4.39 Å². The summed E-state index contributed by atoms with van der Waals surface area (Å²) in [6.45, 7) is 3.61. The van der Waals surface area contributed by atoms with Crippen LogP contribution in [0.5, 0.6) is 0 Å². The summed E-state index contributed by atoms with van der Waals surface area (Å²) in [6, 6.07) is 9.81. The quantitative estimate of drug-likeness (QED) is 0.364. The van der Waals surface area contributed by atoms with Crippen LogP contribution in [0.3, 0.4) is 0 Å². The monoisotopic (exact) mass is 509 g/mol. The number of amides is 2. The van der Waals surface area contributed by atoms with E-state index in [1.54, 1.807) is 36.1 Å². The second kappa shape index (κ2) is 10.5. The van der Waals surface area contributed by atoms with Gasteiger partial charge in [0.1, 0.15) is 23.5 Å². The molecule has 1 aliphatic rings. The molecule has 4 aromatic rings. The number of nitrogens with one attached hydrogen (secondary N) is 2. The summed E-state index contributed by atoms with van der Waals surface area (Å²) in [6.07, 6.45) is 1.46. The van der Waals surface area contributed by atoms with Crippen molar-refractivity contribution in [2.45, 2.75) is 13.5 Å². The molecule has 1 aromatic carbocycles. The van der Waals surface area contributed by atoms with E-state index in [4.69, 9.17) is 13.6 Å². The van der Waals surface area contributed by atoms with Crippen molar-refractivity contribution in [3.8, 4) is 11.3 Å². The third-order valence-electron chi connectivity index (χ3n) is 5.92. The van der Waals surface area contributed by atoms with E-state index >= 15 is 4.39 Å². The average molecular weight is 509 g/mol. The predicted octanol–water partition coefficient (Wildman–Crippen LogP) is 2.46. The summed E-state index contributed by atoms with van der Waals surface area (Å²) in [4.78, 5) is 28.1. The Bertz CT molecular complexity index is 1380. The second-order valence-electron chi connectivity index (χ2n) is 8.46. The highest BCUT2D eigenvalue weighted by Gasteiger charge is 2.24. The van der Waals surface area contributed by atoms with Crippen molar-refractivity contribution >= 4 is 23.3 Å². The number of nitrogens with zero attached hydrogens (tertiary/aromatic N) is 5. The molecule has 0 spiro atoms. The molecule has 3 aromatic heterocycles. The molecule has 192 valence electrons. The first-order valence-electron chi connectivity index (χ1n) is 11.6. The minimum Gasteiger partial charge on any atom is -0.366 e. The van der Waals surface area contributed by atoms with E-state index in [1.165, 1.54) is 18.4 Å². The molecule has 0 atom stereocenters. The van der Waals surface area contributed by atoms with Crippen LogP contribution in [0, 0.1) is 12.7 Å². The molecule has 0 bridgehead atoms. The molecule has 2 amide bonds. The lowest BCUT2D eigenvalue weighted by atomic mass is 10.1. The zero-order valence-corrected chi connectivity index (χ0v) is 19.9. The number of carbonyl (C=O) groups is 2. The Hall–Kier alpha value is -4.68. The minimum absolute atomic E-state index is 0.124. The molecule has 37 heavy (non-hydrogen) atoms. The molecule has 12 nitrogen and oxygen atoms in total. The SMILES string of the molecule is Cc1cc(C(=O)NCC(=O)N2CCN(c3ccc(-c4cc(CNc5ccon5)on4)cc3F)CC2)no1. The second-order valence-corrected chi connectivity index (χ2v) is 8.46. The number of anilines is 2. The van der Waals surface area contributed by atoms with Gasteiger partial charge in [0, 0.05) is 49.9 Å². The lowest BCUT2D eigenvalue weighted by Crippen LogP contribution is -2.51. The molecule has 4 heterocycles. The fraction of sp³-hybridized carbons (Fsp3) is 0.292. The lowest BCUT2D eigenvalue weighted by Gasteiger charge is -2.36. The molecule has 0 saturated carbocycles. The van der Waals surface area contributed by atoms with Gasteiger partial charge in [0.05, 0.1) is 18.8 Å². The molecule has 0 unspecified atom stereocenters. The molecular weight excluding hydrogens is 485 g/mol. The molecule has 1 aliphatic heterocycles. The van der Waals surface area contributed by atoms with Gasteiger partial charge in [-0.1, -0.05) is 21.5 Å². The van der Waals surface area contributed by atoms with Crippen LogP contribution in [0.25, 0.3) is 11.3 Å². The number of carbonyl (C=O) groups excluding carboxylic acids is 2. The molecule has 2 N–H and O–H groups in total. The van der Waals surface area contributed by atoms with E-state index in [0.717, 1.165) is 0 Å². The van der Waals surface area contributed by atoms with Crippen molar-refractivity contribution in [2.24, 2.45) is 0 Å². The Morgan fingerprint density at radius 2 is 1.86 bits per heavy atom. The maximum absolute atomic E-state index is 15.0. The van der Waals surface area contributed by atoms with E-state index < -0.39 is 11.7 Å². The largest absolute Gasteiger partial charge is 0.366 e. The molecule has 0 aliphatic carbocycles. The third-order valence-corrected chi connectivity index (χ3v) is 5.92. The number of halogens is 1. The normalized spacial score (nSPS) is 13.6. The summed E-state index contributed by atoms with van der Waals surface area (Å²) in [5, 5.41) is 17.0. The van der Waals surface area contributed by atoms with Crippen LogP contribution in [0.2, 0.25) is 0 Å². The highest BCUT2D eigenvalue weighted by Crippen LogP contribution is 2.27. The van der Waals surface area contributed by atoms with Gasteiger partial charge in [-0.3, -0.25) is 9.59 Å². The lowest BCUT2D eigenvalue weighted by molar-refractivity contribution is -0.130. The molecule has 1 fully saturated rings. The van der Waals surface area contributed by atoms with Gasteiger partial charge >= 0.3 is 0 Å². The van der Waals surface area contributed by atoms with E-state index in [-0.39, 0.29) is 18.1 Å². The Balaban J connectivity index is 1.13. The Kier molecular flexibility index (Phi) is 6.83. The number of aryl methyl sites for hydroxylation is 1. The highest BCUT2D eigenvalue weighted by molar-refractivity contribution is 5.94. The number of aromatic nitrogens is 3. The average Bonchev–Trinajstić information content (AvgIpc) is 3.68. The van der Waals surface area contributed by atoms with Gasteiger partial charge in [0.2, 0.25) is 5.91 Å². The van der Waals surface area contributed by atoms with E-state index in [2.05, 4.69) is 26.1 Å². The number of piperazine rings is 1. The molecule has 5 rings (SSSR count). The first kappa shape index (κ1) is 24.0. The summed E-state index contributed by atoms with van der Waals surface area (Å²) in [5.74, 6) is 0.560. The summed E-state index contributed by atoms with van der Waals surface area (Å²) >= 11 is 0. The fourth-order valence-electron chi connectivity index (χ4n) is 3.96. The summed E-state index contributed by atoms with van der Waals surface area (Å²) < 4.78 is 30.0. The maximum Gasteiger partial charge on any atom is 0.273 e. The van der Waals surface area contributed by atoms with Crippen molar-refractivity contribution in [1.29, 1.82) is 0 Å². The van der Waals surface area contributed by atoms with Crippen LogP contribution in [0.1, 0.15) is 22.0 Å². The van der Waals surface area contributed by atoms with Crippen molar-refractivity contribution in [3.05, 3.63) is 65.7 Å². The highest BCUT2D eigenvalue weighted by atomic mass is 19.1. The predicted molar refractivity (Wildman–Crippen MR) is 128 cm³/mol. The number of hydrogen-bond donors (Lipinski definition) is 2. The summed E-state index contributed by atoms with van der Waals surface area (Å²) in [7, 11) is 0. The van der Waals surface area contributed by atoms with E-state index in [1.807, 2.05) is 4.90 Å². The van der Waals surface area contributed by atoms with Crippen molar-refractivity contribution in [2.75, 3.05) is 42.9 Å². The zero-order chi connectivity index (χ0) is 25.8. The van der Waals surface area contributed by atoms with Crippen LogP contribution in [0.15, 0.2) is 56.2 Å². The molecule has 1 saturated heterocycles. The van der Waals surface area contributed by atoms with Crippen molar-refractivity contribution in [3.63, 3.8) is 0 Å². The van der Waals surface area contributed by atoms with Crippen LogP contribution in [0.4, 0.5) is 15.9 Å². The van der Waals surface area contributed by atoms with Gasteiger partial charge < -0.3 is 34.0 Å². The van der Waals surface area contributed by atoms with Gasteiger partial charge in [-0.15, -0.1) is 0 Å². The topological polar surface area (TPSA) is 143 Å². The molecular formula is C24H24FN7O5. The van der Waals surface area contributed by atoms with E-state index in [9.17, 15) is 9.59 Å². The first-order chi connectivity index (χ1) is 18.0. The van der Waals surface area contributed by atoms with E-state index in [0.29, 0.717) is 67.0 Å². The van der Waals surface area contributed by atoms with Crippen molar-refractivity contribution < 1.29 is 27.5 Å². The Morgan fingerprint density at radius 1 is 1.03 bits per heavy atom. The molecule has 13 heteroatoms. The van der Waals surface area contributed by atoms with Crippen LogP contribution >= 0.6 is 0 Å². The third kappa shape index (κ3) is 5.60. The fourth-order valence-corrected chi connectivity index (χ4v) is 3.96. The maximum atomic E-state index is 15.0. The standard InChI is InChI=1S/C24H24FN7O5/c1-15-10-20(29-36-15)24(34)27-14-23(33)32-7-5-31(6-8-32)21-3-2-16(11-18(21)25)19-12-17(37-28-19)13-26-22-4-9-35-30-22/h2-4,9-12H,5-8,13-14H2,1H3,(H,26,30)(H,27,34). The first-order valence-corrected chi connectivity index (χ1v) is 11.6. The van der Waals surface area contributed by atoms with Gasteiger partial charge in [-0.2, -0.15) is 0 Å². The van der Waals surface area contributed by atoms with Gasteiger partial charge in [-0.05, 0) is 19.1 Å². The van der Waals surface area contributed by atoms with Crippen LogP contribution < -0.4 is 15.5 Å². The minimum atomic E-state index is -0.475. The summed E-state index contributed by atoms with van der Waals surface area (Å²) in [5.41, 5.74) is 1.67. The number of hydrogen-bond acceptors (Lipinski definition) is 10. The number of rotatable bonds is 8. The Morgan fingerprint density at radius 3 is 2.57 bits per heavy atom.